The topological polar surface area (TPSA) is 9.23 Å². The van der Waals surface area contributed by atoms with E-state index < -0.39 is 0 Å². The highest BCUT2D eigenvalue weighted by Crippen LogP contribution is 2.22. The Balaban J connectivity index is 1.61. The molecule has 0 unspecified atom stereocenters. The lowest BCUT2D eigenvalue weighted by Crippen LogP contribution is -1.96. The number of allylic oxidation sites excluding steroid dienone is 2. The molecule has 3 aromatic carbocycles. The summed E-state index contributed by atoms with van der Waals surface area (Å²) in [7, 11) is 0. The van der Waals surface area contributed by atoms with Gasteiger partial charge >= 0.3 is 0 Å². The fraction of sp³-hybridized carbons (Fsp3) is 0.182. The number of halogens is 1. The third-order valence-corrected chi connectivity index (χ3v) is 4.04. The summed E-state index contributed by atoms with van der Waals surface area (Å²) >= 11 is 0. The third-order valence-electron chi connectivity index (χ3n) is 4.04. The molecule has 0 bridgehead atoms. The predicted molar refractivity (Wildman–Crippen MR) is 97.8 cm³/mol. The summed E-state index contributed by atoms with van der Waals surface area (Å²) in [4.78, 5) is 0. The van der Waals surface area contributed by atoms with E-state index in [1.54, 1.807) is 6.07 Å². The van der Waals surface area contributed by atoms with E-state index in [0.717, 1.165) is 34.9 Å². The zero-order valence-electron chi connectivity index (χ0n) is 13.8. The first-order valence-corrected chi connectivity index (χ1v) is 8.26. The maximum Gasteiger partial charge on any atom is 0.123 e. The molecular weight excluding hydrogens is 299 g/mol. The summed E-state index contributed by atoms with van der Waals surface area (Å²) in [6, 6.07) is 19.0. The van der Waals surface area contributed by atoms with Gasteiger partial charge in [-0.2, -0.15) is 0 Å². The van der Waals surface area contributed by atoms with Gasteiger partial charge in [-0.25, -0.2) is 4.39 Å². The van der Waals surface area contributed by atoms with Gasteiger partial charge in [-0.1, -0.05) is 48.6 Å². The van der Waals surface area contributed by atoms with Gasteiger partial charge in [0.15, 0.2) is 0 Å². The molecule has 0 radical (unpaired) electrons. The third kappa shape index (κ3) is 4.23. The van der Waals surface area contributed by atoms with Crippen LogP contribution in [0.1, 0.15) is 24.5 Å². The summed E-state index contributed by atoms with van der Waals surface area (Å²) < 4.78 is 19.1. The molecule has 0 fully saturated rings. The molecule has 3 rings (SSSR count). The monoisotopic (exact) mass is 320 g/mol. The minimum atomic E-state index is -0.217. The van der Waals surface area contributed by atoms with E-state index in [1.807, 2.05) is 25.1 Å². The van der Waals surface area contributed by atoms with Crippen molar-refractivity contribution in [3.8, 4) is 5.75 Å². The molecule has 122 valence electrons. The van der Waals surface area contributed by atoms with E-state index >= 15 is 0 Å². The number of ether oxygens (including phenoxy) is 1. The molecule has 0 heterocycles. The molecule has 2 heteroatoms. The zero-order valence-corrected chi connectivity index (χ0v) is 13.8. The van der Waals surface area contributed by atoms with Gasteiger partial charge in [-0.3, -0.25) is 0 Å². The second-order valence-corrected chi connectivity index (χ2v) is 5.87. The first kappa shape index (κ1) is 16.3. The fourth-order valence-electron chi connectivity index (χ4n) is 2.67. The standard InChI is InChI=1S/C22H21FO/c1-2-3-4-5-17-6-8-18(9-7-17)16-24-22-13-11-19-14-21(23)12-10-20(19)15-22/h2-3,6-15H,4-5,16H2,1H3/b3-2+. The molecule has 0 aliphatic rings. The number of rotatable bonds is 6. The van der Waals surface area contributed by atoms with E-state index in [0.29, 0.717) is 6.61 Å². The molecule has 0 saturated heterocycles. The van der Waals surface area contributed by atoms with Crippen molar-refractivity contribution >= 4 is 10.8 Å². The first-order valence-electron chi connectivity index (χ1n) is 8.26. The van der Waals surface area contributed by atoms with E-state index in [4.69, 9.17) is 4.74 Å². The average Bonchev–Trinajstić information content (AvgIpc) is 2.61. The van der Waals surface area contributed by atoms with E-state index in [9.17, 15) is 4.39 Å². The fourth-order valence-corrected chi connectivity index (χ4v) is 2.67. The van der Waals surface area contributed by atoms with Crippen molar-refractivity contribution in [2.45, 2.75) is 26.4 Å². The molecule has 0 atom stereocenters. The van der Waals surface area contributed by atoms with Crippen LogP contribution in [-0.2, 0) is 13.0 Å². The number of hydrogen-bond acceptors (Lipinski definition) is 1. The molecule has 0 aromatic heterocycles. The second kappa shape index (κ2) is 7.78. The summed E-state index contributed by atoms with van der Waals surface area (Å²) in [5, 5.41) is 1.86. The van der Waals surface area contributed by atoms with Crippen LogP contribution >= 0.6 is 0 Å². The van der Waals surface area contributed by atoms with E-state index in [2.05, 4.69) is 36.4 Å². The summed E-state index contributed by atoms with van der Waals surface area (Å²) in [6.45, 7) is 2.57. The Hall–Kier alpha value is -2.61. The molecule has 0 aliphatic carbocycles. The van der Waals surface area contributed by atoms with Crippen LogP contribution in [0.15, 0.2) is 72.8 Å². The van der Waals surface area contributed by atoms with Crippen molar-refractivity contribution in [3.05, 3.63) is 89.8 Å². The van der Waals surface area contributed by atoms with Gasteiger partial charge in [0.1, 0.15) is 18.2 Å². The highest BCUT2D eigenvalue weighted by molar-refractivity contribution is 5.83. The van der Waals surface area contributed by atoms with Gasteiger partial charge in [0.2, 0.25) is 0 Å². The Morgan fingerprint density at radius 2 is 1.58 bits per heavy atom. The second-order valence-electron chi connectivity index (χ2n) is 5.87. The Labute approximate surface area is 142 Å². The van der Waals surface area contributed by atoms with Crippen molar-refractivity contribution in [3.63, 3.8) is 0 Å². The lowest BCUT2D eigenvalue weighted by Gasteiger charge is -2.08. The predicted octanol–water partition coefficient (Wildman–Crippen LogP) is 6.07. The van der Waals surface area contributed by atoms with Crippen molar-refractivity contribution in [2.24, 2.45) is 0 Å². The van der Waals surface area contributed by atoms with Gasteiger partial charge in [-0.05, 0) is 65.9 Å². The van der Waals surface area contributed by atoms with E-state index in [-0.39, 0.29) is 5.82 Å². The highest BCUT2D eigenvalue weighted by atomic mass is 19.1. The number of benzene rings is 3. The van der Waals surface area contributed by atoms with Gasteiger partial charge in [0.25, 0.3) is 0 Å². The van der Waals surface area contributed by atoms with Gasteiger partial charge in [0.05, 0.1) is 0 Å². The lowest BCUT2D eigenvalue weighted by atomic mass is 10.1. The van der Waals surface area contributed by atoms with Crippen molar-refractivity contribution < 1.29 is 9.13 Å². The minimum Gasteiger partial charge on any atom is -0.489 e. The molecular formula is C22H21FO. The average molecular weight is 320 g/mol. The number of hydrogen-bond donors (Lipinski definition) is 0. The van der Waals surface area contributed by atoms with E-state index in [1.165, 1.54) is 17.7 Å². The van der Waals surface area contributed by atoms with Crippen LogP contribution < -0.4 is 4.74 Å². The highest BCUT2D eigenvalue weighted by Gasteiger charge is 2.01. The smallest absolute Gasteiger partial charge is 0.123 e. The molecule has 0 aliphatic heterocycles. The van der Waals surface area contributed by atoms with Crippen LogP contribution in [0.25, 0.3) is 10.8 Å². The van der Waals surface area contributed by atoms with Gasteiger partial charge in [-0.15, -0.1) is 0 Å². The molecule has 0 spiro atoms. The van der Waals surface area contributed by atoms with Crippen LogP contribution in [0, 0.1) is 5.82 Å². The van der Waals surface area contributed by atoms with Crippen molar-refractivity contribution in [1.29, 1.82) is 0 Å². The van der Waals surface area contributed by atoms with Crippen LogP contribution in [0.2, 0.25) is 0 Å². The number of aryl methyl sites for hydroxylation is 1. The SMILES string of the molecule is C/C=C/CCc1ccc(COc2ccc3cc(F)ccc3c2)cc1. The Morgan fingerprint density at radius 1 is 0.875 bits per heavy atom. The Morgan fingerprint density at radius 3 is 2.38 bits per heavy atom. The maximum absolute atomic E-state index is 13.2. The Bertz CT molecular complexity index is 834. The van der Waals surface area contributed by atoms with Gasteiger partial charge < -0.3 is 4.74 Å². The maximum atomic E-state index is 13.2. The molecule has 0 N–H and O–H groups in total. The molecule has 3 aromatic rings. The van der Waals surface area contributed by atoms with Crippen LogP contribution in [0.4, 0.5) is 4.39 Å². The van der Waals surface area contributed by atoms with Crippen molar-refractivity contribution in [2.75, 3.05) is 0 Å². The van der Waals surface area contributed by atoms with Crippen LogP contribution in [-0.4, -0.2) is 0 Å². The molecule has 0 amide bonds. The molecule has 24 heavy (non-hydrogen) atoms. The van der Waals surface area contributed by atoms with Gasteiger partial charge in [0, 0.05) is 0 Å². The summed E-state index contributed by atoms with van der Waals surface area (Å²) in [5.41, 5.74) is 2.48. The lowest BCUT2D eigenvalue weighted by molar-refractivity contribution is 0.306. The number of fused-ring (bicyclic) bond motifs is 1. The molecule has 1 nitrogen and oxygen atoms in total. The van der Waals surface area contributed by atoms with Crippen LogP contribution in [0.5, 0.6) is 5.75 Å². The quantitative estimate of drug-likeness (QED) is 0.501. The normalized spacial score (nSPS) is 11.2. The van der Waals surface area contributed by atoms with Crippen LogP contribution in [0.3, 0.4) is 0 Å². The largest absolute Gasteiger partial charge is 0.489 e. The summed E-state index contributed by atoms with van der Waals surface area (Å²) in [5.74, 6) is 0.581. The summed E-state index contributed by atoms with van der Waals surface area (Å²) in [6.07, 6.45) is 6.40. The molecule has 0 saturated carbocycles. The minimum absolute atomic E-state index is 0.217. The van der Waals surface area contributed by atoms with Crippen molar-refractivity contribution in [1.82, 2.24) is 0 Å². The first-order chi connectivity index (χ1) is 11.7. The zero-order chi connectivity index (χ0) is 16.8. The Kier molecular flexibility index (Phi) is 5.27.